The summed E-state index contributed by atoms with van der Waals surface area (Å²) < 4.78 is 5.55. The summed E-state index contributed by atoms with van der Waals surface area (Å²) in [5, 5.41) is 5.10. The summed E-state index contributed by atoms with van der Waals surface area (Å²) in [6.45, 7) is 4.64. The summed E-state index contributed by atoms with van der Waals surface area (Å²) in [4.78, 5) is 33.4. The number of carbonyl (C=O) groups is 2. The first-order valence-corrected chi connectivity index (χ1v) is 11.7. The van der Waals surface area contributed by atoms with Crippen LogP contribution in [0.15, 0.2) is 29.6 Å². The van der Waals surface area contributed by atoms with Gasteiger partial charge in [-0.1, -0.05) is 6.07 Å². The number of carbonyl (C=O) groups excluding carboxylic acids is 2. The van der Waals surface area contributed by atoms with Crippen LogP contribution in [0.25, 0.3) is 0 Å². The molecule has 2 saturated heterocycles. The van der Waals surface area contributed by atoms with Crippen LogP contribution in [-0.2, 0) is 16.0 Å². The van der Waals surface area contributed by atoms with Gasteiger partial charge in [-0.2, -0.15) is 0 Å². The second kappa shape index (κ2) is 9.71. The first-order chi connectivity index (χ1) is 14.6. The second-order valence-electron chi connectivity index (χ2n) is 8.07. The van der Waals surface area contributed by atoms with Crippen LogP contribution in [0.2, 0.25) is 0 Å². The molecule has 2 aliphatic rings. The van der Waals surface area contributed by atoms with Crippen LogP contribution in [0, 0.1) is 6.92 Å². The molecule has 1 atom stereocenters. The van der Waals surface area contributed by atoms with E-state index >= 15 is 0 Å². The highest BCUT2D eigenvalue weighted by Gasteiger charge is 2.32. The van der Waals surface area contributed by atoms with Crippen molar-refractivity contribution < 1.29 is 14.3 Å². The van der Waals surface area contributed by atoms with Gasteiger partial charge in [-0.3, -0.25) is 14.6 Å². The monoisotopic (exact) mass is 427 g/mol. The molecule has 160 valence electrons. The van der Waals surface area contributed by atoms with E-state index in [1.165, 1.54) is 4.88 Å². The minimum absolute atomic E-state index is 0.0630. The first-order valence-electron chi connectivity index (χ1n) is 10.8. The molecule has 0 radical (unpaired) electrons. The fraction of sp³-hybridized carbons (Fsp3) is 0.522. The van der Waals surface area contributed by atoms with Gasteiger partial charge < -0.3 is 15.0 Å². The summed E-state index contributed by atoms with van der Waals surface area (Å²) in [6, 6.07) is 7.90. The SMILES string of the molecule is Cc1ccc(C(=O)NCCc2cccs2)c(C2CCN(C(=O)[C@@H]3CCCO3)CC2)n1. The first kappa shape index (κ1) is 21.0. The van der Waals surface area contributed by atoms with Crippen molar-refractivity contribution in [3.8, 4) is 0 Å². The molecular formula is C23H29N3O3S. The third kappa shape index (κ3) is 4.90. The predicted octanol–water partition coefficient (Wildman–Crippen LogP) is 3.31. The van der Waals surface area contributed by atoms with Crippen molar-refractivity contribution in [3.63, 3.8) is 0 Å². The summed E-state index contributed by atoms with van der Waals surface area (Å²) in [5.74, 6) is 0.248. The second-order valence-corrected chi connectivity index (χ2v) is 9.10. The zero-order valence-electron chi connectivity index (χ0n) is 17.4. The molecule has 0 aliphatic carbocycles. The summed E-state index contributed by atoms with van der Waals surface area (Å²) in [5.41, 5.74) is 2.45. The fourth-order valence-corrected chi connectivity index (χ4v) is 4.99. The third-order valence-corrected chi connectivity index (χ3v) is 6.88. The van der Waals surface area contributed by atoms with Gasteiger partial charge >= 0.3 is 0 Å². The maximum absolute atomic E-state index is 12.9. The molecule has 2 amide bonds. The topological polar surface area (TPSA) is 71.5 Å². The molecule has 2 fully saturated rings. The Kier molecular flexibility index (Phi) is 6.79. The third-order valence-electron chi connectivity index (χ3n) is 5.94. The Morgan fingerprint density at radius 2 is 2.07 bits per heavy atom. The van der Waals surface area contributed by atoms with E-state index in [0.29, 0.717) is 31.8 Å². The maximum Gasteiger partial charge on any atom is 0.253 e. The van der Waals surface area contributed by atoms with Crippen LogP contribution in [-0.4, -0.2) is 54.0 Å². The van der Waals surface area contributed by atoms with Gasteiger partial charge in [0.2, 0.25) is 0 Å². The van der Waals surface area contributed by atoms with Gasteiger partial charge in [-0.05, 0) is 62.6 Å². The van der Waals surface area contributed by atoms with Gasteiger partial charge in [-0.25, -0.2) is 0 Å². The van der Waals surface area contributed by atoms with Crippen molar-refractivity contribution >= 4 is 23.2 Å². The minimum Gasteiger partial charge on any atom is -0.368 e. The van der Waals surface area contributed by atoms with Gasteiger partial charge in [0.25, 0.3) is 11.8 Å². The molecule has 0 spiro atoms. The molecule has 2 aliphatic heterocycles. The smallest absolute Gasteiger partial charge is 0.253 e. The number of nitrogens with zero attached hydrogens (tertiary/aromatic N) is 2. The van der Waals surface area contributed by atoms with Gasteiger partial charge in [0.15, 0.2) is 0 Å². The lowest BCUT2D eigenvalue weighted by Crippen LogP contribution is -2.43. The van der Waals surface area contributed by atoms with Gasteiger partial charge in [0.1, 0.15) is 6.10 Å². The van der Waals surface area contributed by atoms with Crippen LogP contribution < -0.4 is 5.32 Å². The number of hydrogen-bond acceptors (Lipinski definition) is 5. The molecule has 1 N–H and O–H groups in total. The number of piperidine rings is 1. The van der Waals surface area contributed by atoms with Gasteiger partial charge in [0.05, 0.1) is 11.3 Å². The standard InChI is InChI=1S/C23H29N3O3S/c1-16-6-7-19(22(27)24-11-8-18-4-3-15-30-18)21(25-16)17-9-12-26(13-10-17)23(28)20-5-2-14-29-20/h3-4,6-7,15,17,20H,2,5,8-14H2,1H3,(H,24,27)/t20-/m0/s1. The molecule has 0 bridgehead atoms. The Balaban J connectivity index is 1.38. The van der Waals surface area contributed by atoms with Gasteiger partial charge in [-0.15, -0.1) is 11.3 Å². The average molecular weight is 428 g/mol. The summed E-state index contributed by atoms with van der Waals surface area (Å²) in [6.07, 6.45) is 4.01. The zero-order valence-corrected chi connectivity index (χ0v) is 18.2. The number of amides is 2. The van der Waals surface area contributed by atoms with Crippen LogP contribution in [0.5, 0.6) is 0 Å². The number of nitrogens with one attached hydrogen (secondary N) is 1. The largest absolute Gasteiger partial charge is 0.368 e. The number of pyridine rings is 1. The van der Waals surface area contributed by atoms with E-state index in [-0.39, 0.29) is 23.8 Å². The van der Waals surface area contributed by atoms with E-state index in [1.807, 2.05) is 30.0 Å². The number of rotatable bonds is 6. The molecular weight excluding hydrogens is 398 g/mol. The highest BCUT2D eigenvalue weighted by Crippen LogP contribution is 2.30. The van der Waals surface area contributed by atoms with E-state index in [4.69, 9.17) is 9.72 Å². The molecule has 2 aromatic rings. The average Bonchev–Trinajstić information content (AvgIpc) is 3.47. The fourth-order valence-electron chi connectivity index (χ4n) is 4.28. The van der Waals surface area contributed by atoms with Crippen LogP contribution in [0.4, 0.5) is 0 Å². The van der Waals surface area contributed by atoms with E-state index in [1.54, 1.807) is 11.3 Å². The molecule has 6 nitrogen and oxygen atoms in total. The molecule has 4 rings (SSSR count). The van der Waals surface area contributed by atoms with Crippen molar-refractivity contribution in [2.24, 2.45) is 0 Å². The van der Waals surface area contributed by atoms with Crippen molar-refractivity contribution in [2.75, 3.05) is 26.2 Å². The predicted molar refractivity (Wildman–Crippen MR) is 117 cm³/mol. The maximum atomic E-state index is 12.9. The lowest BCUT2D eigenvalue weighted by Gasteiger charge is -2.33. The van der Waals surface area contributed by atoms with Crippen LogP contribution >= 0.6 is 11.3 Å². The number of likely N-dealkylation sites (tertiary alicyclic amines) is 1. The Hall–Kier alpha value is -2.25. The van der Waals surface area contributed by atoms with Crippen LogP contribution in [0.1, 0.15) is 58.2 Å². The Bertz CT molecular complexity index is 870. The lowest BCUT2D eigenvalue weighted by molar-refractivity contribution is -0.142. The number of aromatic nitrogens is 1. The van der Waals surface area contributed by atoms with Crippen molar-refractivity contribution in [1.82, 2.24) is 15.2 Å². The van der Waals surface area contributed by atoms with Crippen molar-refractivity contribution in [3.05, 3.63) is 51.5 Å². The van der Waals surface area contributed by atoms with E-state index in [0.717, 1.165) is 43.5 Å². The zero-order chi connectivity index (χ0) is 20.9. The summed E-state index contributed by atoms with van der Waals surface area (Å²) in [7, 11) is 0. The van der Waals surface area contributed by atoms with E-state index in [2.05, 4.69) is 16.8 Å². The number of aryl methyl sites for hydroxylation is 1. The van der Waals surface area contributed by atoms with Crippen LogP contribution in [0.3, 0.4) is 0 Å². The molecule has 30 heavy (non-hydrogen) atoms. The van der Waals surface area contributed by atoms with Crippen molar-refractivity contribution in [2.45, 2.75) is 51.0 Å². The van der Waals surface area contributed by atoms with E-state index in [9.17, 15) is 9.59 Å². The Morgan fingerprint density at radius 3 is 2.77 bits per heavy atom. The Morgan fingerprint density at radius 1 is 1.23 bits per heavy atom. The molecule has 4 heterocycles. The number of ether oxygens (including phenoxy) is 1. The highest BCUT2D eigenvalue weighted by molar-refractivity contribution is 7.09. The molecule has 0 unspecified atom stereocenters. The molecule has 2 aromatic heterocycles. The van der Waals surface area contributed by atoms with E-state index < -0.39 is 0 Å². The number of hydrogen-bond donors (Lipinski definition) is 1. The molecule has 0 aromatic carbocycles. The molecule has 0 saturated carbocycles. The minimum atomic E-state index is -0.261. The quantitative estimate of drug-likeness (QED) is 0.768. The van der Waals surface area contributed by atoms with Gasteiger partial charge in [0, 0.05) is 42.7 Å². The lowest BCUT2D eigenvalue weighted by atomic mass is 9.89. The number of thiophene rings is 1. The highest BCUT2D eigenvalue weighted by atomic mass is 32.1. The Labute approximate surface area is 181 Å². The normalized spacial score (nSPS) is 19.8. The molecule has 7 heteroatoms. The summed E-state index contributed by atoms with van der Waals surface area (Å²) >= 11 is 1.70. The van der Waals surface area contributed by atoms with Crippen molar-refractivity contribution in [1.29, 1.82) is 0 Å².